The van der Waals surface area contributed by atoms with E-state index in [1.54, 1.807) is 25.1 Å². The highest BCUT2D eigenvalue weighted by molar-refractivity contribution is 5.90. The highest BCUT2D eigenvalue weighted by atomic mass is 16.2. The normalized spacial score (nSPS) is 19.1. The molecule has 1 saturated carbocycles. The highest BCUT2D eigenvalue weighted by Gasteiger charge is 2.35. The summed E-state index contributed by atoms with van der Waals surface area (Å²) in [6.07, 6.45) is 1.15. The molecule has 2 unspecified atom stereocenters. The minimum absolute atomic E-state index is 0.0927. The maximum absolute atomic E-state index is 12.6. The third-order valence-electron chi connectivity index (χ3n) is 4.73. The van der Waals surface area contributed by atoms with Crippen molar-refractivity contribution >= 4 is 22.6 Å². The second kappa shape index (κ2) is 5.84. The van der Waals surface area contributed by atoms with Crippen LogP contribution in [-0.2, 0) is 11.3 Å². The van der Waals surface area contributed by atoms with Crippen molar-refractivity contribution in [1.82, 2.24) is 19.7 Å². The third-order valence-corrected chi connectivity index (χ3v) is 4.73. The number of nitrogens with one attached hydrogen (secondary N) is 2. The molecule has 1 aromatic carbocycles. The second-order valence-electron chi connectivity index (χ2n) is 6.64. The molecule has 0 aliphatic heterocycles. The van der Waals surface area contributed by atoms with Gasteiger partial charge in [-0.2, -0.15) is 5.10 Å². The number of benzene rings is 1. The molecule has 0 spiro atoms. The largest absolute Gasteiger partial charge is 0.308 e. The molecule has 2 heterocycles. The van der Waals surface area contributed by atoms with Gasteiger partial charge in [0.25, 0.3) is 5.56 Å². The van der Waals surface area contributed by atoms with E-state index in [2.05, 4.69) is 27.4 Å². The van der Waals surface area contributed by atoms with Crippen LogP contribution in [0.2, 0.25) is 0 Å². The summed E-state index contributed by atoms with van der Waals surface area (Å²) in [7, 11) is 0. The lowest BCUT2D eigenvalue weighted by Crippen LogP contribution is -2.30. The fraction of sp³-hybridized carbons (Fsp3) is 0.333. The van der Waals surface area contributed by atoms with Crippen LogP contribution in [0, 0.1) is 12.8 Å². The van der Waals surface area contributed by atoms with Gasteiger partial charge in [0.15, 0.2) is 5.82 Å². The number of fused-ring (bicyclic) bond motifs is 1. The van der Waals surface area contributed by atoms with Gasteiger partial charge < -0.3 is 5.32 Å². The quantitative estimate of drug-likeness (QED) is 0.763. The molecule has 3 aromatic rings. The van der Waals surface area contributed by atoms with Gasteiger partial charge in [0, 0.05) is 17.7 Å². The van der Waals surface area contributed by atoms with Gasteiger partial charge in [-0.1, -0.05) is 19.1 Å². The molecule has 4 rings (SSSR count). The van der Waals surface area contributed by atoms with Crippen molar-refractivity contribution in [2.75, 3.05) is 5.32 Å². The molecule has 25 heavy (non-hydrogen) atoms. The molecule has 1 amide bonds. The number of aryl methyl sites for hydroxylation is 1. The molecule has 2 N–H and O–H groups in total. The number of H-pyrrole nitrogens is 1. The van der Waals surface area contributed by atoms with Crippen molar-refractivity contribution < 1.29 is 4.79 Å². The van der Waals surface area contributed by atoms with Crippen LogP contribution in [-0.4, -0.2) is 25.7 Å². The molecule has 2 aromatic heterocycles. The van der Waals surface area contributed by atoms with Crippen LogP contribution in [0.15, 0.2) is 35.1 Å². The van der Waals surface area contributed by atoms with Gasteiger partial charge in [0.2, 0.25) is 5.91 Å². The Morgan fingerprint density at radius 1 is 1.40 bits per heavy atom. The number of nitrogens with zero attached hydrogens (tertiary/aromatic N) is 3. The molecule has 1 aliphatic carbocycles. The molecule has 7 heteroatoms. The maximum atomic E-state index is 12.6. The van der Waals surface area contributed by atoms with E-state index in [0.717, 1.165) is 12.1 Å². The lowest BCUT2D eigenvalue weighted by molar-refractivity contribution is -0.116. The first-order valence-electron chi connectivity index (χ1n) is 8.34. The number of amides is 1. The van der Waals surface area contributed by atoms with Gasteiger partial charge in [-0.15, -0.1) is 0 Å². The third kappa shape index (κ3) is 2.93. The number of carbonyl (C=O) groups excluding carboxylic acids is 1. The summed E-state index contributed by atoms with van der Waals surface area (Å²) >= 11 is 0. The first-order valence-corrected chi connectivity index (χ1v) is 8.34. The number of carbonyl (C=O) groups is 1. The van der Waals surface area contributed by atoms with Crippen LogP contribution < -0.4 is 10.9 Å². The van der Waals surface area contributed by atoms with Crippen LogP contribution in [0.3, 0.4) is 0 Å². The molecular weight excluding hydrogens is 318 g/mol. The summed E-state index contributed by atoms with van der Waals surface area (Å²) in [5.41, 5.74) is 1.47. The Balaban J connectivity index is 1.53. The van der Waals surface area contributed by atoms with Crippen LogP contribution in [0.25, 0.3) is 10.9 Å². The van der Waals surface area contributed by atoms with Gasteiger partial charge in [-0.05, 0) is 31.4 Å². The molecule has 0 saturated heterocycles. The van der Waals surface area contributed by atoms with Gasteiger partial charge in [0.1, 0.15) is 12.4 Å². The topological polar surface area (TPSA) is 92.7 Å². The zero-order valence-electron chi connectivity index (χ0n) is 14.1. The van der Waals surface area contributed by atoms with Gasteiger partial charge in [-0.25, -0.2) is 4.98 Å². The van der Waals surface area contributed by atoms with Gasteiger partial charge in [-0.3, -0.25) is 19.3 Å². The average molecular weight is 337 g/mol. The van der Waals surface area contributed by atoms with E-state index >= 15 is 0 Å². The summed E-state index contributed by atoms with van der Waals surface area (Å²) < 4.78 is 1.38. The lowest BCUT2D eigenvalue weighted by Gasteiger charge is -2.10. The molecule has 128 valence electrons. The Morgan fingerprint density at radius 3 is 2.92 bits per heavy atom. The second-order valence-corrected chi connectivity index (χ2v) is 6.64. The first-order chi connectivity index (χ1) is 12.0. The van der Waals surface area contributed by atoms with Crippen molar-refractivity contribution in [1.29, 1.82) is 0 Å². The standard InChI is InChI=1S/C18H19N5O2/c1-10-7-13(10)15-8-16(22-21-15)20-17(24)9-23-11(2)19-14-6-4-3-5-12(14)18(23)25/h3-6,8,10,13H,7,9H2,1-2H3,(H2,20,21,22,24). The number of hydrogen-bond acceptors (Lipinski definition) is 4. The molecule has 1 aliphatic rings. The summed E-state index contributed by atoms with van der Waals surface area (Å²) in [6, 6.07) is 8.99. The minimum Gasteiger partial charge on any atom is -0.308 e. The number of aromatic nitrogens is 4. The van der Waals surface area contributed by atoms with Crippen LogP contribution in [0.1, 0.15) is 30.8 Å². The molecule has 0 radical (unpaired) electrons. The maximum Gasteiger partial charge on any atom is 0.261 e. The molecule has 1 fully saturated rings. The monoisotopic (exact) mass is 337 g/mol. The molecule has 7 nitrogen and oxygen atoms in total. The Morgan fingerprint density at radius 2 is 2.16 bits per heavy atom. The van der Waals surface area contributed by atoms with Gasteiger partial charge >= 0.3 is 0 Å². The van der Waals surface area contributed by atoms with E-state index < -0.39 is 0 Å². The SMILES string of the molecule is Cc1nc2ccccc2c(=O)n1CC(=O)Nc1cc(C2CC2C)[nH]n1. The van der Waals surface area contributed by atoms with E-state index in [9.17, 15) is 9.59 Å². The van der Waals surface area contributed by atoms with Gasteiger partial charge in [0.05, 0.1) is 10.9 Å². The Bertz CT molecular complexity index is 1020. The number of rotatable bonds is 4. The zero-order valence-corrected chi connectivity index (χ0v) is 14.1. The van der Waals surface area contributed by atoms with E-state index in [1.807, 2.05) is 12.1 Å². The van der Waals surface area contributed by atoms with Crippen molar-refractivity contribution in [3.8, 4) is 0 Å². The molecule has 2 atom stereocenters. The van der Waals surface area contributed by atoms with E-state index in [0.29, 0.717) is 34.4 Å². The summed E-state index contributed by atoms with van der Waals surface area (Å²) in [4.78, 5) is 29.3. The Hall–Kier alpha value is -2.96. The van der Waals surface area contributed by atoms with Crippen LogP contribution >= 0.6 is 0 Å². The number of hydrogen-bond donors (Lipinski definition) is 2. The molecule has 0 bridgehead atoms. The smallest absolute Gasteiger partial charge is 0.261 e. The highest BCUT2D eigenvalue weighted by Crippen LogP contribution is 2.46. The number of anilines is 1. The predicted molar refractivity (Wildman–Crippen MR) is 94.5 cm³/mol. The van der Waals surface area contributed by atoms with E-state index in [1.165, 1.54) is 4.57 Å². The Kier molecular flexibility index (Phi) is 3.63. The fourth-order valence-electron chi connectivity index (χ4n) is 3.14. The van der Waals surface area contributed by atoms with E-state index in [-0.39, 0.29) is 18.0 Å². The van der Waals surface area contributed by atoms with Crippen LogP contribution in [0.5, 0.6) is 0 Å². The fourth-order valence-corrected chi connectivity index (χ4v) is 3.14. The van der Waals surface area contributed by atoms with Crippen molar-refractivity contribution in [2.45, 2.75) is 32.7 Å². The van der Waals surface area contributed by atoms with Crippen molar-refractivity contribution in [3.63, 3.8) is 0 Å². The summed E-state index contributed by atoms with van der Waals surface area (Å²) in [5.74, 6) is 1.86. The van der Waals surface area contributed by atoms with Crippen molar-refractivity contribution in [2.24, 2.45) is 5.92 Å². The first kappa shape index (κ1) is 15.6. The Labute approximate surface area is 144 Å². The zero-order chi connectivity index (χ0) is 17.6. The molecular formula is C18H19N5O2. The lowest BCUT2D eigenvalue weighted by atomic mass is 10.2. The van der Waals surface area contributed by atoms with Crippen LogP contribution in [0.4, 0.5) is 5.82 Å². The predicted octanol–water partition coefficient (Wildman–Crippen LogP) is 2.19. The van der Waals surface area contributed by atoms with Crippen molar-refractivity contribution in [3.05, 3.63) is 52.2 Å². The van der Waals surface area contributed by atoms with E-state index in [4.69, 9.17) is 0 Å². The number of para-hydroxylation sites is 1. The number of aromatic amines is 1. The summed E-state index contributed by atoms with van der Waals surface area (Å²) in [5, 5.41) is 10.3. The average Bonchev–Trinajstić information content (AvgIpc) is 3.13. The minimum atomic E-state index is -0.302. The summed E-state index contributed by atoms with van der Waals surface area (Å²) in [6.45, 7) is 3.82.